The van der Waals surface area contributed by atoms with Crippen molar-refractivity contribution in [3.8, 4) is 0 Å². The molecule has 0 heterocycles. The van der Waals surface area contributed by atoms with E-state index < -0.39 is 0 Å². The molecule has 4 heteroatoms. The van der Waals surface area contributed by atoms with Crippen LogP contribution in [0.2, 0.25) is 5.02 Å². The van der Waals surface area contributed by atoms with Crippen LogP contribution in [0.4, 0.5) is 4.39 Å². The minimum absolute atomic E-state index is 0.318. The molecule has 0 unspecified atom stereocenters. The molecule has 0 saturated heterocycles. The van der Waals surface area contributed by atoms with Gasteiger partial charge in [0.25, 0.3) is 0 Å². The lowest BCUT2D eigenvalue weighted by Crippen LogP contribution is -1.93. The molecule has 0 bridgehead atoms. The van der Waals surface area contributed by atoms with Crippen LogP contribution < -0.4 is 0 Å². The van der Waals surface area contributed by atoms with E-state index in [2.05, 4.69) is 4.99 Å². The largest absolute Gasteiger partial charge is 0.473 e. The summed E-state index contributed by atoms with van der Waals surface area (Å²) in [6.45, 7) is 5.80. The van der Waals surface area contributed by atoms with Gasteiger partial charge in [0.2, 0.25) is 5.88 Å². The van der Waals surface area contributed by atoms with Crippen LogP contribution in [0.25, 0.3) is 0 Å². The van der Waals surface area contributed by atoms with E-state index in [1.54, 1.807) is 32.1 Å². The quantitative estimate of drug-likeness (QED) is 0.505. The Balaban J connectivity index is 2.61. The van der Waals surface area contributed by atoms with E-state index in [4.69, 9.17) is 16.3 Å². The van der Waals surface area contributed by atoms with Gasteiger partial charge in [-0.1, -0.05) is 30.7 Å². The molecule has 0 aliphatic rings. The highest BCUT2D eigenvalue weighted by molar-refractivity contribution is 6.30. The average molecular weight is 296 g/mol. The lowest BCUT2D eigenvalue weighted by atomic mass is 10.2. The Hall–Kier alpha value is -1.61. The van der Waals surface area contributed by atoms with Gasteiger partial charge in [-0.15, -0.1) is 0 Å². The minimum Gasteiger partial charge on any atom is -0.473 e. The van der Waals surface area contributed by atoms with Crippen LogP contribution in [0.15, 0.2) is 52.6 Å². The molecule has 108 valence electrons. The molecule has 0 spiro atoms. The van der Waals surface area contributed by atoms with Crippen molar-refractivity contribution in [1.82, 2.24) is 0 Å². The van der Waals surface area contributed by atoms with Crippen molar-refractivity contribution >= 4 is 17.8 Å². The van der Waals surface area contributed by atoms with Crippen LogP contribution in [-0.2, 0) is 11.3 Å². The molecule has 0 saturated carbocycles. The lowest BCUT2D eigenvalue weighted by molar-refractivity contribution is 0.196. The molecular formula is C16H19ClFNO. The summed E-state index contributed by atoms with van der Waals surface area (Å²) in [6.07, 6.45) is 3.55. The first kappa shape index (κ1) is 16.4. The van der Waals surface area contributed by atoms with Gasteiger partial charge in [0.15, 0.2) is 0 Å². The highest BCUT2D eigenvalue weighted by Gasteiger charge is 1.99. The van der Waals surface area contributed by atoms with E-state index in [1.165, 1.54) is 6.21 Å². The van der Waals surface area contributed by atoms with Crippen LogP contribution in [0, 0.1) is 0 Å². The summed E-state index contributed by atoms with van der Waals surface area (Å²) in [5, 5.41) is 0.681. The van der Waals surface area contributed by atoms with Gasteiger partial charge in [0.1, 0.15) is 12.4 Å². The monoisotopic (exact) mass is 295 g/mol. The zero-order chi connectivity index (χ0) is 15.0. The molecule has 0 N–H and O–H groups in total. The zero-order valence-corrected chi connectivity index (χ0v) is 12.7. The Kier molecular flexibility index (Phi) is 7.02. The van der Waals surface area contributed by atoms with Gasteiger partial charge < -0.3 is 4.74 Å². The summed E-state index contributed by atoms with van der Waals surface area (Å²) < 4.78 is 19.0. The molecule has 0 aliphatic carbocycles. The number of benzene rings is 1. The molecule has 20 heavy (non-hydrogen) atoms. The third-order valence-corrected chi connectivity index (χ3v) is 3.04. The lowest BCUT2D eigenvalue weighted by Gasteiger charge is -2.06. The molecular weight excluding hydrogens is 277 g/mol. The predicted molar refractivity (Wildman–Crippen MR) is 82.6 cm³/mol. The van der Waals surface area contributed by atoms with E-state index in [-0.39, 0.29) is 5.83 Å². The number of allylic oxidation sites excluding steroid dienone is 3. The maximum absolute atomic E-state index is 13.5. The van der Waals surface area contributed by atoms with Gasteiger partial charge >= 0.3 is 0 Å². The van der Waals surface area contributed by atoms with Gasteiger partial charge in [-0.05, 0) is 49.6 Å². The molecule has 0 atom stereocenters. The van der Waals surface area contributed by atoms with E-state index in [0.29, 0.717) is 29.5 Å². The fourth-order valence-corrected chi connectivity index (χ4v) is 1.46. The van der Waals surface area contributed by atoms with Crippen molar-refractivity contribution in [2.45, 2.75) is 33.8 Å². The summed E-state index contributed by atoms with van der Waals surface area (Å²) in [7, 11) is 0. The third kappa shape index (κ3) is 5.57. The van der Waals surface area contributed by atoms with E-state index in [9.17, 15) is 4.39 Å². The number of rotatable bonds is 6. The SMILES string of the molecule is C/C=C(/N=C\C(F)=C(/C)CC)OCc1ccc(Cl)cc1. The Bertz CT molecular complexity index is 518. The number of ether oxygens (including phenoxy) is 1. The molecule has 2 nitrogen and oxygen atoms in total. The van der Waals surface area contributed by atoms with Gasteiger partial charge in [0, 0.05) is 5.02 Å². The normalized spacial score (nSPS) is 13.6. The molecule has 1 aromatic carbocycles. The van der Waals surface area contributed by atoms with Crippen molar-refractivity contribution in [3.05, 3.63) is 58.2 Å². The summed E-state index contributed by atoms with van der Waals surface area (Å²) >= 11 is 5.81. The molecule has 0 radical (unpaired) electrons. The maximum Gasteiger partial charge on any atom is 0.209 e. The second-order valence-electron chi connectivity index (χ2n) is 4.28. The molecule has 1 aromatic rings. The van der Waals surface area contributed by atoms with Crippen LogP contribution in [0.3, 0.4) is 0 Å². The zero-order valence-electron chi connectivity index (χ0n) is 12.0. The van der Waals surface area contributed by atoms with Crippen molar-refractivity contribution in [2.75, 3.05) is 0 Å². The molecule has 0 aromatic heterocycles. The summed E-state index contributed by atoms with van der Waals surface area (Å²) in [5.41, 5.74) is 1.65. The Labute approximate surface area is 124 Å². The first-order chi connectivity index (χ1) is 9.56. The fourth-order valence-electron chi connectivity index (χ4n) is 1.33. The Morgan fingerprint density at radius 1 is 1.35 bits per heavy atom. The van der Waals surface area contributed by atoms with Gasteiger partial charge in [0.05, 0.1) is 6.21 Å². The Morgan fingerprint density at radius 3 is 2.55 bits per heavy atom. The smallest absolute Gasteiger partial charge is 0.209 e. The van der Waals surface area contributed by atoms with Crippen LogP contribution in [0.5, 0.6) is 0 Å². The molecule has 1 rings (SSSR count). The van der Waals surface area contributed by atoms with Gasteiger partial charge in [-0.25, -0.2) is 9.38 Å². The number of hydrogen-bond donors (Lipinski definition) is 0. The number of aliphatic imine (C=N–C) groups is 1. The summed E-state index contributed by atoms with van der Waals surface area (Å²) in [6, 6.07) is 7.35. The third-order valence-electron chi connectivity index (χ3n) is 2.79. The van der Waals surface area contributed by atoms with Crippen LogP contribution >= 0.6 is 11.6 Å². The summed E-state index contributed by atoms with van der Waals surface area (Å²) in [5.74, 6) is 0.0703. The maximum atomic E-state index is 13.5. The minimum atomic E-state index is -0.318. The number of nitrogens with zero attached hydrogens (tertiary/aromatic N) is 1. The highest BCUT2D eigenvalue weighted by Crippen LogP contribution is 2.13. The topological polar surface area (TPSA) is 21.6 Å². The average Bonchev–Trinajstić information content (AvgIpc) is 2.48. The number of halogens is 2. The molecule has 0 aliphatic heterocycles. The predicted octanol–water partition coefficient (Wildman–Crippen LogP) is 5.44. The first-order valence-corrected chi connectivity index (χ1v) is 6.87. The van der Waals surface area contributed by atoms with Crippen molar-refractivity contribution in [3.63, 3.8) is 0 Å². The standard InChI is InChI=1S/C16H19ClFNO/c1-4-12(3)15(18)10-19-16(5-2)20-11-13-6-8-14(17)9-7-13/h5-10H,4,11H2,1-3H3/b15-12-,16-5-,19-10-. The van der Waals surface area contributed by atoms with E-state index in [1.807, 2.05) is 19.1 Å². The summed E-state index contributed by atoms with van der Waals surface area (Å²) in [4.78, 5) is 4.00. The fraction of sp³-hybridized carbons (Fsp3) is 0.312. The van der Waals surface area contributed by atoms with E-state index >= 15 is 0 Å². The van der Waals surface area contributed by atoms with Crippen molar-refractivity contribution < 1.29 is 9.13 Å². The van der Waals surface area contributed by atoms with Crippen molar-refractivity contribution in [2.24, 2.45) is 4.99 Å². The molecule has 0 amide bonds. The highest BCUT2D eigenvalue weighted by atomic mass is 35.5. The second-order valence-corrected chi connectivity index (χ2v) is 4.72. The van der Waals surface area contributed by atoms with Crippen LogP contribution in [0.1, 0.15) is 32.8 Å². The van der Waals surface area contributed by atoms with E-state index in [0.717, 1.165) is 5.56 Å². The Morgan fingerprint density at radius 2 is 2.00 bits per heavy atom. The second kappa shape index (κ2) is 8.54. The van der Waals surface area contributed by atoms with Crippen LogP contribution in [-0.4, -0.2) is 6.21 Å². The first-order valence-electron chi connectivity index (χ1n) is 6.49. The molecule has 0 fully saturated rings. The van der Waals surface area contributed by atoms with Gasteiger partial charge in [-0.2, -0.15) is 0 Å². The number of hydrogen-bond acceptors (Lipinski definition) is 2. The van der Waals surface area contributed by atoms with Gasteiger partial charge in [-0.3, -0.25) is 0 Å². The van der Waals surface area contributed by atoms with Crippen molar-refractivity contribution in [1.29, 1.82) is 0 Å².